The summed E-state index contributed by atoms with van der Waals surface area (Å²) < 4.78 is 15.7. The van der Waals surface area contributed by atoms with Gasteiger partial charge in [0.1, 0.15) is 17.4 Å². The highest BCUT2D eigenvalue weighted by molar-refractivity contribution is 8.00. The standard InChI is InChI=1S/C19H17FN4OS/c20-15-8-4-5-9-16(15)24-12-21-23-19(24)26-17(13-6-2-1-3-7-13)18(25)22-14-10-11-14/h1-9,12,14,17H,10-11H2,(H,22,25)/t17-/m0/s1. The summed E-state index contributed by atoms with van der Waals surface area (Å²) in [5.41, 5.74) is 1.23. The molecule has 1 aromatic heterocycles. The molecule has 0 saturated heterocycles. The van der Waals surface area contributed by atoms with E-state index < -0.39 is 5.25 Å². The van der Waals surface area contributed by atoms with E-state index in [1.807, 2.05) is 30.3 Å². The SMILES string of the molecule is O=C(NC1CC1)[C@@H](Sc1nncn1-c1ccccc1F)c1ccccc1. The van der Waals surface area contributed by atoms with Gasteiger partial charge in [-0.15, -0.1) is 10.2 Å². The zero-order valence-electron chi connectivity index (χ0n) is 13.9. The molecule has 1 fully saturated rings. The first kappa shape index (κ1) is 16.8. The zero-order valence-corrected chi connectivity index (χ0v) is 14.7. The van der Waals surface area contributed by atoms with Crippen LogP contribution in [-0.4, -0.2) is 26.7 Å². The summed E-state index contributed by atoms with van der Waals surface area (Å²) in [6.07, 6.45) is 3.49. The second-order valence-electron chi connectivity index (χ2n) is 6.13. The van der Waals surface area contributed by atoms with Gasteiger partial charge in [-0.05, 0) is 30.5 Å². The molecule has 0 bridgehead atoms. The number of nitrogens with one attached hydrogen (secondary N) is 1. The Kier molecular flexibility index (Phi) is 4.71. The summed E-state index contributed by atoms with van der Waals surface area (Å²) >= 11 is 1.27. The number of nitrogens with zero attached hydrogens (tertiary/aromatic N) is 3. The molecule has 1 amide bonds. The second-order valence-corrected chi connectivity index (χ2v) is 7.20. The lowest BCUT2D eigenvalue weighted by atomic mass is 10.1. The Morgan fingerprint density at radius 3 is 2.62 bits per heavy atom. The Morgan fingerprint density at radius 1 is 1.15 bits per heavy atom. The van der Waals surface area contributed by atoms with Gasteiger partial charge < -0.3 is 5.32 Å². The number of amides is 1. The minimum Gasteiger partial charge on any atom is -0.352 e. The molecule has 0 unspecified atom stereocenters. The van der Waals surface area contributed by atoms with Crippen molar-refractivity contribution in [1.29, 1.82) is 0 Å². The third-order valence-corrected chi connectivity index (χ3v) is 5.33. The summed E-state index contributed by atoms with van der Waals surface area (Å²) in [5.74, 6) is -0.431. The first-order valence-electron chi connectivity index (χ1n) is 8.39. The number of rotatable bonds is 6. The number of para-hydroxylation sites is 1. The third-order valence-electron chi connectivity index (χ3n) is 4.12. The van der Waals surface area contributed by atoms with Crippen molar-refractivity contribution in [3.05, 3.63) is 72.3 Å². The van der Waals surface area contributed by atoms with Crippen molar-refractivity contribution in [2.75, 3.05) is 0 Å². The Balaban J connectivity index is 1.65. The molecule has 7 heteroatoms. The number of carbonyl (C=O) groups is 1. The largest absolute Gasteiger partial charge is 0.352 e. The van der Waals surface area contributed by atoms with E-state index >= 15 is 0 Å². The molecule has 1 saturated carbocycles. The third kappa shape index (κ3) is 3.62. The first-order valence-corrected chi connectivity index (χ1v) is 9.27. The van der Waals surface area contributed by atoms with Crippen LogP contribution in [0.4, 0.5) is 4.39 Å². The highest BCUT2D eigenvalue weighted by atomic mass is 32.2. The molecular weight excluding hydrogens is 351 g/mol. The van der Waals surface area contributed by atoms with Crippen LogP contribution in [0.3, 0.4) is 0 Å². The van der Waals surface area contributed by atoms with Crippen molar-refractivity contribution in [1.82, 2.24) is 20.1 Å². The lowest BCUT2D eigenvalue weighted by Gasteiger charge is -2.17. The van der Waals surface area contributed by atoms with E-state index in [9.17, 15) is 9.18 Å². The van der Waals surface area contributed by atoms with Gasteiger partial charge in [0, 0.05) is 6.04 Å². The van der Waals surface area contributed by atoms with Gasteiger partial charge in [0.25, 0.3) is 0 Å². The molecule has 26 heavy (non-hydrogen) atoms. The lowest BCUT2D eigenvalue weighted by molar-refractivity contribution is -0.120. The van der Waals surface area contributed by atoms with Crippen LogP contribution in [0.25, 0.3) is 5.69 Å². The van der Waals surface area contributed by atoms with Crippen LogP contribution in [0.1, 0.15) is 23.7 Å². The molecule has 1 aliphatic carbocycles. The molecule has 1 heterocycles. The van der Waals surface area contributed by atoms with E-state index in [4.69, 9.17) is 0 Å². The van der Waals surface area contributed by atoms with Crippen molar-refractivity contribution >= 4 is 17.7 Å². The smallest absolute Gasteiger partial charge is 0.238 e. The van der Waals surface area contributed by atoms with Crippen molar-refractivity contribution in [2.24, 2.45) is 0 Å². The van der Waals surface area contributed by atoms with Crippen LogP contribution in [0, 0.1) is 5.82 Å². The minimum absolute atomic E-state index is 0.0632. The Morgan fingerprint density at radius 2 is 1.88 bits per heavy atom. The predicted molar refractivity (Wildman–Crippen MR) is 97.5 cm³/mol. The van der Waals surface area contributed by atoms with Crippen molar-refractivity contribution in [3.63, 3.8) is 0 Å². The normalized spacial score (nSPS) is 14.8. The molecule has 0 spiro atoms. The highest BCUT2D eigenvalue weighted by Gasteiger charge is 2.30. The summed E-state index contributed by atoms with van der Waals surface area (Å²) in [6, 6.07) is 16.2. The highest BCUT2D eigenvalue weighted by Crippen LogP contribution is 2.36. The van der Waals surface area contributed by atoms with Gasteiger partial charge in [0.2, 0.25) is 5.91 Å². The number of hydrogen-bond acceptors (Lipinski definition) is 4. The summed E-state index contributed by atoms with van der Waals surface area (Å²) in [4.78, 5) is 12.8. The van der Waals surface area contributed by atoms with Gasteiger partial charge >= 0.3 is 0 Å². The molecule has 1 atom stereocenters. The van der Waals surface area contributed by atoms with Crippen LogP contribution in [-0.2, 0) is 4.79 Å². The lowest BCUT2D eigenvalue weighted by Crippen LogP contribution is -2.29. The molecule has 3 aromatic rings. The maximum atomic E-state index is 14.2. The topological polar surface area (TPSA) is 59.8 Å². The monoisotopic (exact) mass is 368 g/mol. The molecule has 4 rings (SSSR count). The number of carbonyl (C=O) groups excluding carboxylic acids is 1. The second kappa shape index (κ2) is 7.29. The number of hydrogen-bond donors (Lipinski definition) is 1. The fourth-order valence-electron chi connectivity index (χ4n) is 2.63. The van der Waals surface area contributed by atoms with Gasteiger partial charge in [0.05, 0.1) is 5.69 Å². The average Bonchev–Trinajstić information content (AvgIpc) is 3.35. The maximum Gasteiger partial charge on any atom is 0.238 e. The zero-order chi connectivity index (χ0) is 17.9. The Bertz CT molecular complexity index is 911. The van der Waals surface area contributed by atoms with Crippen LogP contribution >= 0.6 is 11.8 Å². The van der Waals surface area contributed by atoms with E-state index in [0.29, 0.717) is 10.8 Å². The number of benzene rings is 2. The molecule has 132 valence electrons. The average molecular weight is 368 g/mol. The van der Waals surface area contributed by atoms with Gasteiger partial charge in [-0.1, -0.05) is 54.2 Å². The van der Waals surface area contributed by atoms with Crippen molar-refractivity contribution in [2.45, 2.75) is 29.3 Å². The molecule has 2 aromatic carbocycles. The molecule has 5 nitrogen and oxygen atoms in total. The fraction of sp³-hybridized carbons (Fsp3) is 0.211. The minimum atomic E-state index is -0.480. The number of aromatic nitrogens is 3. The van der Waals surface area contributed by atoms with Crippen LogP contribution in [0.15, 0.2) is 66.1 Å². The molecule has 1 aliphatic rings. The van der Waals surface area contributed by atoms with E-state index in [0.717, 1.165) is 18.4 Å². The summed E-state index contributed by atoms with van der Waals surface area (Å²) in [5, 5.41) is 11.0. The van der Waals surface area contributed by atoms with E-state index in [2.05, 4.69) is 15.5 Å². The van der Waals surface area contributed by atoms with E-state index in [1.165, 1.54) is 24.2 Å². The molecule has 0 aliphatic heterocycles. The summed E-state index contributed by atoms with van der Waals surface area (Å²) in [6.45, 7) is 0. The van der Waals surface area contributed by atoms with Crippen LogP contribution < -0.4 is 5.32 Å². The Hall–Kier alpha value is -2.67. The molecular formula is C19H17FN4OS. The number of halogens is 1. The van der Waals surface area contributed by atoms with Crippen molar-refractivity contribution < 1.29 is 9.18 Å². The van der Waals surface area contributed by atoms with Crippen LogP contribution in [0.5, 0.6) is 0 Å². The van der Waals surface area contributed by atoms with Gasteiger partial charge in [-0.3, -0.25) is 9.36 Å². The van der Waals surface area contributed by atoms with Gasteiger partial charge in [-0.2, -0.15) is 0 Å². The predicted octanol–water partition coefficient (Wildman–Crippen LogP) is 3.52. The van der Waals surface area contributed by atoms with Gasteiger partial charge in [-0.25, -0.2) is 4.39 Å². The van der Waals surface area contributed by atoms with Crippen LogP contribution in [0.2, 0.25) is 0 Å². The maximum absolute atomic E-state index is 14.2. The number of thioether (sulfide) groups is 1. The first-order chi connectivity index (χ1) is 12.7. The Labute approximate surface area is 154 Å². The molecule has 0 radical (unpaired) electrons. The fourth-order valence-corrected chi connectivity index (χ4v) is 3.66. The van der Waals surface area contributed by atoms with E-state index in [1.54, 1.807) is 22.8 Å². The summed E-state index contributed by atoms with van der Waals surface area (Å²) in [7, 11) is 0. The quantitative estimate of drug-likeness (QED) is 0.677. The van der Waals surface area contributed by atoms with Crippen molar-refractivity contribution in [3.8, 4) is 5.69 Å². The van der Waals surface area contributed by atoms with Gasteiger partial charge in [0.15, 0.2) is 5.16 Å². The van der Waals surface area contributed by atoms with E-state index in [-0.39, 0.29) is 17.8 Å². The molecule has 1 N–H and O–H groups in total.